The predicted octanol–water partition coefficient (Wildman–Crippen LogP) is 2.48. The average molecular weight is 380 g/mol. The molecule has 0 radical (unpaired) electrons. The minimum atomic E-state index is -0.345. The van der Waals surface area contributed by atoms with Crippen LogP contribution in [0.4, 0.5) is 15.0 Å². The van der Waals surface area contributed by atoms with Crippen molar-refractivity contribution in [1.29, 1.82) is 0 Å². The van der Waals surface area contributed by atoms with E-state index in [2.05, 4.69) is 20.7 Å². The molecule has 0 spiro atoms. The van der Waals surface area contributed by atoms with Crippen molar-refractivity contribution >= 4 is 11.8 Å². The molecule has 2 amide bonds. The molecule has 0 bridgehead atoms. The Morgan fingerprint density at radius 2 is 2.07 bits per heavy atom. The molecule has 1 atom stereocenters. The Labute approximate surface area is 162 Å². The topological polar surface area (TPSA) is 75.1 Å². The first-order chi connectivity index (χ1) is 13.7. The molecule has 144 valence electrons. The number of nitrogens with one attached hydrogen (secondary N) is 2. The summed E-state index contributed by atoms with van der Waals surface area (Å²) in [6, 6.07) is 12.3. The first kappa shape index (κ1) is 18.0. The van der Waals surface area contributed by atoms with Gasteiger partial charge in [0.15, 0.2) is 11.6 Å². The van der Waals surface area contributed by atoms with Crippen molar-refractivity contribution < 1.29 is 9.18 Å². The third-order valence-electron chi connectivity index (χ3n) is 4.74. The molecule has 0 aliphatic carbocycles. The Morgan fingerprint density at radius 1 is 1.18 bits per heavy atom. The molecule has 0 saturated carbocycles. The monoisotopic (exact) mass is 380 g/mol. The number of hydrogen-bond acceptors (Lipinski definition) is 4. The second kappa shape index (κ2) is 8.08. The van der Waals surface area contributed by atoms with Crippen molar-refractivity contribution in [3.8, 4) is 5.69 Å². The Balaban J connectivity index is 1.32. The molecular weight excluding hydrogens is 359 g/mol. The van der Waals surface area contributed by atoms with E-state index in [9.17, 15) is 9.18 Å². The Kier molecular flexibility index (Phi) is 5.18. The minimum Gasteiger partial charge on any atom is -0.352 e. The zero-order valence-electron chi connectivity index (χ0n) is 15.3. The van der Waals surface area contributed by atoms with Gasteiger partial charge in [-0.2, -0.15) is 5.10 Å². The number of amides is 2. The number of aromatic nitrogens is 3. The maximum absolute atomic E-state index is 13.9. The molecular formula is C20H21FN6O. The summed E-state index contributed by atoms with van der Waals surface area (Å²) in [5, 5.41) is 10.1. The van der Waals surface area contributed by atoms with Crippen molar-refractivity contribution in [2.75, 3.05) is 18.0 Å². The first-order valence-electron chi connectivity index (χ1n) is 9.18. The number of halogens is 1. The molecule has 2 aromatic heterocycles. The fourth-order valence-electron chi connectivity index (χ4n) is 3.39. The lowest BCUT2D eigenvalue weighted by Crippen LogP contribution is -2.43. The maximum atomic E-state index is 13.9. The van der Waals surface area contributed by atoms with Crippen LogP contribution in [0.5, 0.6) is 0 Å². The fraction of sp³-hybridized carbons (Fsp3) is 0.250. The maximum Gasteiger partial charge on any atom is 0.315 e. The second-order valence-electron chi connectivity index (χ2n) is 6.65. The van der Waals surface area contributed by atoms with Gasteiger partial charge in [0.25, 0.3) is 0 Å². The molecule has 1 aromatic carbocycles. The van der Waals surface area contributed by atoms with E-state index >= 15 is 0 Å². The highest BCUT2D eigenvalue weighted by molar-refractivity contribution is 5.74. The zero-order chi connectivity index (χ0) is 19.3. The summed E-state index contributed by atoms with van der Waals surface area (Å²) in [4.78, 5) is 18.3. The minimum absolute atomic E-state index is 0.0530. The van der Waals surface area contributed by atoms with Crippen molar-refractivity contribution in [3.05, 3.63) is 72.4 Å². The molecule has 3 aromatic rings. The number of urea groups is 1. The number of nitrogens with zero attached hydrogens (tertiary/aromatic N) is 4. The van der Waals surface area contributed by atoms with Gasteiger partial charge in [-0.05, 0) is 36.2 Å². The largest absolute Gasteiger partial charge is 0.352 e. The summed E-state index contributed by atoms with van der Waals surface area (Å²) in [5.41, 5.74) is 1.88. The normalized spacial score (nSPS) is 16.2. The molecule has 4 rings (SSSR count). The third-order valence-corrected chi connectivity index (χ3v) is 4.74. The molecule has 1 saturated heterocycles. The molecule has 1 aliphatic rings. The fourth-order valence-corrected chi connectivity index (χ4v) is 3.39. The van der Waals surface area contributed by atoms with Gasteiger partial charge in [0.2, 0.25) is 0 Å². The van der Waals surface area contributed by atoms with Crippen LogP contribution >= 0.6 is 0 Å². The third kappa shape index (κ3) is 3.95. The van der Waals surface area contributed by atoms with Crippen LogP contribution in [0.15, 0.2) is 61.1 Å². The van der Waals surface area contributed by atoms with Crippen molar-refractivity contribution in [3.63, 3.8) is 0 Å². The van der Waals surface area contributed by atoms with E-state index in [1.54, 1.807) is 23.1 Å². The summed E-state index contributed by atoms with van der Waals surface area (Å²) >= 11 is 0. The van der Waals surface area contributed by atoms with Gasteiger partial charge in [0.1, 0.15) is 0 Å². The second-order valence-corrected chi connectivity index (χ2v) is 6.65. The molecule has 1 fully saturated rings. The Bertz CT molecular complexity index is 945. The molecule has 3 heterocycles. The van der Waals surface area contributed by atoms with Gasteiger partial charge in [-0.1, -0.05) is 18.2 Å². The quantitative estimate of drug-likeness (QED) is 0.713. The van der Waals surface area contributed by atoms with E-state index in [0.29, 0.717) is 25.5 Å². The number of benzene rings is 1. The zero-order valence-corrected chi connectivity index (χ0v) is 15.3. The number of rotatable bonds is 5. The summed E-state index contributed by atoms with van der Waals surface area (Å²) in [6.07, 6.45) is 5.90. The van der Waals surface area contributed by atoms with Crippen LogP contribution < -0.4 is 15.5 Å². The van der Waals surface area contributed by atoms with E-state index < -0.39 is 0 Å². The first-order valence-corrected chi connectivity index (χ1v) is 9.18. The van der Waals surface area contributed by atoms with Gasteiger partial charge >= 0.3 is 6.03 Å². The van der Waals surface area contributed by atoms with E-state index in [0.717, 1.165) is 17.7 Å². The molecule has 2 N–H and O–H groups in total. The molecule has 7 nitrogen and oxygen atoms in total. The number of carbonyl (C=O) groups excluding carboxylic acids is 1. The SMILES string of the molecule is O=C(NCc1ccccc1-n1cccn1)NC1CCN(c2ncccc2F)C1. The van der Waals surface area contributed by atoms with E-state index in [-0.39, 0.29) is 17.9 Å². The van der Waals surface area contributed by atoms with E-state index in [1.807, 2.05) is 41.4 Å². The molecule has 1 unspecified atom stereocenters. The molecule has 1 aliphatic heterocycles. The summed E-state index contributed by atoms with van der Waals surface area (Å²) in [5.74, 6) is -0.0109. The summed E-state index contributed by atoms with van der Waals surface area (Å²) in [7, 11) is 0. The Morgan fingerprint density at radius 3 is 2.89 bits per heavy atom. The molecule has 28 heavy (non-hydrogen) atoms. The predicted molar refractivity (Wildman–Crippen MR) is 104 cm³/mol. The van der Waals surface area contributed by atoms with Crippen molar-refractivity contribution in [2.45, 2.75) is 19.0 Å². The summed E-state index contributed by atoms with van der Waals surface area (Å²) in [6.45, 7) is 1.57. The number of anilines is 1. The lowest BCUT2D eigenvalue weighted by atomic mass is 10.2. The highest BCUT2D eigenvalue weighted by Gasteiger charge is 2.26. The van der Waals surface area contributed by atoms with Crippen molar-refractivity contribution in [2.24, 2.45) is 0 Å². The van der Waals surface area contributed by atoms with Crippen LogP contribution in [0.25, 0.3) is 5.69 Å². The number of hydrogen-bond donors (Lipinski definition) is 2. The summed E-state index contributed by atoms with van der Waals surface area (Å²) < 4.78 is 15.7. The van der Waals surface area contributed by atoms with Crippen LogP contribution in [0.3, 0.4) is 0 Å². The van der Waals surface area contributed by atoms with Gasteiger partial charge in [0, 0.05) is 44.3 Å². The number of pyridine rings is 1. The lowest BCUT2D eigenvalue weighted by molar-refractivity contribution is 0.237. The van der Waals surface area contributed by atoms with Gasteiger partial charge in [-0.25, -0.2) is 18.9 Å². The van der Waals surface area contributed by atoms with Crippen LogP contribution in [-0.4, -0.2) is 39.9 Å². The van der Waals surface area contributed by atoms with E-state index in [1.165, 1.54) is 6.07 Å². The number of para-hydroxylation sites is 1. The van der Waals surface area contributed by atoms with Crippen LogP contribution in [0, 0.1) is 5.82 Å². The van der Waals surface area contributed by atoms with Crippen LogP contribution in [-0.2, 0) is 6.54 Å². The van der Waals surface area contributed by atoms with Gasteiger partial charge in [-0.3, -0.25) is 0 Å². The average Bonchev–Trinajstić information content (AvgIpc) is 3.39. The lowest BCUT2D eigenvalue weighted by Gasteiger charge is -2.18. The van der Waals surface area contributed by atoms with Gasteiger partial charge < -0.3 is 15.5 Å². The highest BCUT2D eigenvalue weighted by atomic mass is 19.1. The van der Waals surface area contributed by atoms with E-state index in [4.69, 9.17) is 0 Å². The van der Waals surface area contributed by atoms with Crippen LogP contribution in [0.2, 0.25) is 0 Å². The van der Waals surface area contributed by atoms with Crippen LogP contribution in [0.1, 0.15) is 12.0 Å². The van der Waals surface area contributed by atoms with Crippen molar-refractivity contribution in [1.82, 2.24) is 25.4 Å². The smallest absolute Gasteiger partial charge is 0.315 e. The Hall–Kier alpha value is -3.42. The van der Waals surface area contributed by atoms with Gasteiger partial charge in [-0.15, -0.1) is 0 Å². The standard InChI is InChI=1S/C20H21FN6O/c21-17-6-3-9-22-19(17)26-12-8-16(14-26)25-20(28)23-13-15-5-1-2-7-18(15)27-11-4-10-24-27/h1-7,9-11,16H,8,12-14H2,(H2,23,25,28). The van der Waals surface area contributed by atoms with Gasteiger partial charge in [0.05, 0.1) is 5.69 Å². The highest BCUT2D eigenvalue weighted by Crippen LogP contribution is 2.20. The number of carbonyl (C=O) groups is 1. The molecule has 8 heteroatoms.